The van der Waals surface area contributed by atoms with Crippen molar-refractivity contribution in [3.8, 4) is 0 Å². The Hall–Kier alpha value is -1.84. The van der Waals surface area contributed by atoms with Crippen LogP contribution in [0.5, 0.6) is 0 Å². The Morgan fingerprint density at radius 3 is 2.63 bits per heavy atom. The molecule has 0 unspecified atom stereocenters. The first kappa shape index (κ1) is 22.8. The van der Waals surface area contributed by atoms with E-state index in [1.165, 1.54) is 35.0 Å². The number of hydrogen-bond acceptors (Lipinski definition) is 5. The number of carbonyl (C=O) groups is 1. The van der Waals surface area contributed by atoms with Gasteiger partial charge in [-0.3, -0.25) is 4.79 Å². The van der Waals surface area contributed by atoms with Gasteiger partial charge in [-0.2, -0.15) is 0 Å². The van der Waals surface area contributed by atoms with Crippen molar-refractivity contribution in [2.45, 2.75) is 37.1 Å². The van der Waals surface area contributed by atoms with Crippen molar-refractivity contribution in [2.24, 2.45) is 0 Å². The molecule has 1 aromatic heterocycles. The van der Waals surface area contributed by atoms with Gasteiger partial charge < -0.3 is 9.88 Å². The predicted molar refractivity (Wildman–Crippen MR) is 125 cm³/mol. The largest absolute Gasteiger partial charge is 0.323 e. The molecule has 0 bridgehead atoms. The molecule has 0 aliphatic heterocycles. The van der Waals surface area contributed by atoms with E-state index in [0.717, 1.165) is 23.9 Å². The third-order valence-electron chi connectivity index (χ3n) is 4.27. The Morgan fingerprint density at radius 2 is 1.93 bits per heavy atom. The Kier molecular flexibility index (Phi) is 8.35. The van der Waals surface area contributed by atoms with Crippen LogP contribution in [0.2, 0.25) is 0 Å². The summed E-state index contributed by atoms with van der Waals surface area (Å²) in [5, 5.41) is 11.8. The van der Waals surface area contributed by atoms with Crippen LogP contribution < -0.4 is 5.32 Å². The maximum atomic E-state index is 13.9. The molecule has 5 nitrogen and oxygen atoms in total. The zero-order valence-corrected chi connectivity index (χ0v) is 19.9. The number of carbonyl (C=O) groups excluding carboxylic acids is 1. The smallest absolute Gasteiger partial charge is 0.234 e. The summed E-state index contributed by atoms with van der Waals surface area (Å²) < 4.78 is 16.5. The molecule has 3 rings (SSSR count). The summed E-state index contributed by atoms with van der Waals surface area (Å²) in [6, 6.07) is 13.0. The van der Waals surface area contributed by atoms with Crippen molar-refractivity contribution in [1.29, 1.82) is 0 Å². The fraction of sp³-hybridized carbons (Fsp3) is 0.286. The van der Waals surface area contributed by atoms with Gasteiger partial charge in [0.15, 0.2) is 5.16 Å². The van der Waals surface area contributed by atoms with Crippen molar-refractivity contribution in [2.75, 3.05) is 11.1 Å². The summed E-state index contributed by atoms with van der Waals surface area (Å²) in [5.74, 6) is 1.89. The van der Waals surface area contributed by atoms with E-state index >= 15 is 0 Å². The van der Waals surface area contributed by atoms with Gasteiger partial charge in [-0.05, 0) is 37.6 Å². The molecule has 0 aliphatic rings. The van der Waals surface area contributed by atoms with Crippen molar-refractivity contribution >= 4 is 51.0 Å². The highest BCUT2D eigenvalue weighted by Gasteiger charge is 2.14. The van der Waals surface area contributed by atoms with Gasteiger partial charge in [0.25, 0.3) is 0 Å². The molecular weight excluding hydrogens is 487 g/mol. The van der Waals surface area contributed by atoms with Crippen LogP contribution >= 0.6 is 39.5 Å². The van der Waals surface area contributed by atoms with E-state index in [0.29, 0.717) is 9.63 Å². The van der Waals surface area contributed by atoms with Crippen LogP contribution in [-0.4, -0.2) is 26.4 Å². The molecule has 30 heavy (non-hydrogen) atoms. The van der Waals surface area contributed by atoms with Crippen LogP contribution in [0.15, 0.2) is 52.1 Å². The lowest BCUT2D eigenvalue weighted by molar-refractivity contribution is -0.113. The van der Waals surface area contributed by atoms with E-state index in [2.05, 4.69) is 62.6 Å². The number of benzene rings is 2. The van der Waals surface area contributed by atoms with Crippen LogP contribution in [0.1, 0.15) is 23.9 Å². The number of thioether (sulfide) groups is 2. The second-order valence-electron chi connectivity index (χ2n) is 6.58. The molecular formula is C21H22BrFN4OS2. The number of halogens is 2. The van der Waals surface area contributed by atoms with Crippen molar-refractivity contribution in [3.05, 3.63) is 69.7 Å². The maximum absolute atomic E-state index is 13.9. The second-order valence-corrected chi connectivity index (χ2v) is 9.43. The summed E-state index contributed by atoms with van der Waals surface area (Å²) >= 11 is 6.28. The van der Waals surface area contributed by atoms with E-state index in [1.54, 1.807) is 17.8 Å². The normalized spacial score (nSPS) is 10.9. The van der Waals surface area contributed by atoms with Crippen LogP contribution in [0.3, 0.4) is 0 Å². The van der Waals surface area contributed by atoms with Crippen LogP contribution in [-0.2, 0) is 22.8 Å². The molecule has 0 radical (unpaired) electrons. The summed E-state index contributed by atoms with van der Waals surface area (Å²) in [4.78, 5) is 12.2. The standard InChI is InChI=1S/C21H22BrFN4OS2/c1-3-27-19(12-29-11-15-6-4-14(2)5-7-15)25-26-21(27)30-13-20(28)24-18-9-8-16(22)10-17(18)23/h4-10H,3,11-13H2,1-2H3,(H,24,28). The molecule has 158 valence electrons. The van der Waals surface area contributed by atoms with Gasteiger partial charge in [0.05, 0.1) is 17.2 Å². The van der Waals surface area contributed by atoms with Gasteiger partial charge in [0.2, 0.25) is 5.91 Å². The molecule has 9 heteroatoms. The minimum atomic E-state index is -0.479. The SMILES string of the molecule is CCn1c(CSCc2ccc(C)cc2)nnc1SCC(=O)Nc1ccc(Br)cc1F. The highest BCUT2D eigenvalue weighted by atomic mass is 79.9. The number of nitrogens with zero attached hydrogens (tertiary/aromatic N) is 3. The quantitative estimate of drug-likeness (QED) is 0.377. The Morgan fingerprint density at radius 1 is 1.17 bits per heavy atom. The predicted octanol–water partition coefficient (Wildman–Crippen LogP) is 5.67. The highest BCUT2D eigenvalue weighted by molar-refractivity contribution is 9.10. The lowest BCUT2D eigenvalue weighted by atomic mass is 10.2. The first-order valence-electron chi connectivity index (χ1n) is 9.39. The zero-order chi connectivity index (χ0) is 21.5. The number of hydrogen-bond donors (Lipinski definition) is 1. The first-order valence-corrected chi connectivity index (χ1v) is 12.3. The molecule has 1 N–H and O–H groups in total. The lowest BCUT2D eigenvalue weighted by Gasteiger charge is -2.08. The van der Waals surface area contributed by atoms with E-state index in [4.69, 9.17) is 0 Å². The zero-order valence-electron chi connectivity index (χ0n) is 16.7. The van der Waals surface area contributed by atoms with Gasteiger partial charge >= 0.3 is 0 Å². The number of nitrogens with one attached hydrogen (secondary N) is 1. The molecule has 0 aliphatic carbocycles. The fourth-order valence-corrected chi connectivity index (χ4v) is 4.78. The number of aromatic nitrogens is 3. The molecule has 2 aromatic carbocycles. The summed E-state index contributed by atoms with van der Waals surface area (Å²) in [6.45, 7) is 4.83. The number of amides is 1. The van der Waals surface area contributed by atoms with Crippen molar-refractivity contribution < 1.29 is 9.18 Å². The monoisotopic (exact) mass is 508 g/mol. The average Bonchev–Trinajstić information content (AvgIpc) is 3.12. The maximum Gasteiger partial charge on any atom is 0.234 e. The second kappa shape index (κ2) is 11.0. The third-order valence-corrected chi connectivity index (χ3v) is 6.73. The molecule has 0 saturated heterocycles. The molecule has 0 saturated carbocycles. The van der Waals surface area contributed by atoms with Gasteiger partial charge in [-0.25, -0.2) is 4.39 Å². The summed E-state index contributed by atoms with van der Waals surface area (Å²) in [5.41, 5.74) is 2.69. The van der Waals surface area contributed by atoms with E-state index in [9.17, 15) is 9.18 Å². The van der Waals surface area contributed by atoms with Crippen LogP contribution in [0.25, 0.3) is 0 Å². The Balaban J connectivity index is 1.53. The molecule has 0 atom stereocenters. The first-order chi connectivity index (χ1) is 14.5. The van der Waals surface area contributed by atoms with Crippen LogP contribution in [0.4, 0.5) is 10.1 Å². The summed E-state index contributed by atoms with van der Waals surface area (Å²) in [7, 11) is 0. The average molecular weight is 509 g/mol. The molecule has 3 aromatic rings. The Bertz CT molecular complexity index is 1010. The van der Waals surface area contributed by atoms with E-state index in [1.807, 2.05) is 11.5 Å². The topological polar surface area (TPSA) is 59.8 Å². The van der Waals surface area contributed by atoms with Crippen molar-refractivity contribution in [1.82, 2.24) is 14.8 Å². The van der Waals surface area contributed by atoms with Crippen molar-refractivity contribution in [3.63, 3.8) is 0 Å². The van der Waals surface area contributed by atoms with Gasteiger partial charge in [0.1, 0.15) is 11.6 Å². The molecule has 0 fully saturated rings. The number of rotatable bonds is 9. The molecule has 0 spiro atoms. The third kappa shape index (κ3) is 6.33. The van der Waals surface area contributed by atoms with Gasteiger partial charge in [0, 0.05) is 16.8 Å². The summed E-state index contributed by atoms with van der Waals surface area (Å²) in [6.07, 6.45) is 0. The lowest BCUT2D eigenvalue weighted by Crippen LogP contribution is -2.15. The number of anilines is 1. The minimum absolute atomic E-state index is 0.129. The Labute approximate surface area is 192 Å². The molecule has 1 heterocycles. The van der Waals surface area contributed by atoms with Gasteiger partial charge in [-0.15, -0.1) is 22.0 Å². The fourth-order valence-electron chi connectivity index (χ4n) is 2.70. The minimum Gasteiger partial charge on any atom is -0.323 e. The van der Waals surface area contributed by atoms with Crippen LogP contribution in [0, 0.1) is 12.7 Å². The van der Waals surface area contributed by atoms with Gasteiger partial charge in [-0.1, -0.05) is 57.5 Å². The highest BCUT2D eigenvalue weighted by Crippen LogP contribution is 2.23. The van der Waals surface area contributed by atoms with E-state index < -0.39 is 5.82 Å². The number of aryl methyl sites for hydroxylation is 1. The molecule has 1 amide bonds. The van der Waals surface area contributed by atoms with E-state index in [-0.39, 0.29) is 17.3 Å².